The van der Waals surface area contributed by atoms with Crippen LogP contribution in [0.15, 0.2) is 47.3 Å². The third kappa shape index (κ3) is 1.63. The molecule has 4 aromatic rings. The van der Waals surface area contributed by atoms with Crippen molar-refractivity contribution in [1.29, 1.82) is 0 Å². The van der Waals surface area contributed by atoms with Crippen molar-refractivity contribution in [3.63, 3.8) is 0 Å². The van der Waals surface area contributed by atoms with Gasteiger partial charge in [0.05, 0.1) is 34.8 Å². The number of rotatable bonds is 0. The number of para-hydroxylation sites is 1. The maximum Gasteiger partial charge on any atom is 0.261 e. The molecule has 118 valence electrons. The summed E-state index contributed by atoms with van der Waals surface area (Å²) in [5.41, 5.74) is 2.50. The molecule has 0 saturated carbocycles. The number of aromatic amines is 1. The Kier molecular flexibility index (Phi) is 2.47. The van der Waals surface area contributed by atoms with Crippen molar-refractivity contribution >= 4 is 21.8 Å². The highest BCUT2D eigenvalue weighted by Crippen LogP contribution is 2.39. The number of H-pyrrole nitrogens is 1. The summed E-state index contributed by atoms with van der Waals surface area (Å²) in [6.45, 7) is 0.160. The molecular formula is C18H13N3O3. The Bertz CT molecular complexity index is 1190. The van der Waals surface area contributed by atoms with Crippen molar-refractivity contribution in [3.8, 4) is 17.3 Å². The van der Waals surface area contributed by atoms with E-state index in [0.29, 0.717) is 33.5 Å². The average molecular weight is 319 g/mol. The summed E-state index contributed by atoms with van der Waals surface area (Å²) in [4.78, 5) is 20.6. The van der Waals surface area contributed by atoms with Gasteiger partial charge in [-0.1, -0.05) is 12.1 Å². The molecule has 0 saturated heterocycles. The smallest absolute Gasteiger partial charge is 0.261 e. The third-order valence-corrected chi connectivity index (χ3v) is 4.60. The SMILES string of the molecule is O=c1c2ccccc2nc2n1C[C@@H](O)c1c-2[nH]c2cc(O)ccc12. The highest BCUT2D eigenvalue weighted by molar-refractivity contribution is 5.92. The first-order valence-corrected chi connectivity index (χ1v) is 7.66. The van der Waals surface area contributed by atoms with E-state index in [1.54, 1.807) is 36.4 Å². The Balaban J connectivity index is 1.93. The van der Waals surface area contributed by atoms with Gasteiger partial charge >= 0.3 is 0 Å². The quantitative estimate of drug-likeness (QED) is 0.464. The van der Waals surface area contributed by atoms with Crippen LogP contribution in [-0.4, -0.2) is 24.7 Å². The van der Waals surface area contributed by atoms with Crippen LogP contribution in [0, 0.1) is 0 Å². The van der Waals surface area contributed by atoms with E-state index in [9.17, 15) is 15.0 Å². The molecule has 3 N–H and O–H groups in total. The van der Waals surface area contributed by atoms with Gasteiger partial charge in [0.25, 0.3) is 5.56 Å². The van der Waals surface area contributed by atoms with E-state index in [0.717, 1.165) is 5.39 Å². The lowest BCUT2D eigenvalue weighted by Crippen LogP contribution is -2.29. The van der Waals surface area contributed by atoms with Crippen molar-refractivity contribution in [3.05, 3.63) is 58.4 Å². The van der Waals surface area contributed by atoms with Crippen molar-refractivity contribution in [2.24, 2.45) is 0 Å². The molecule has 0 bridgehead atoms. The number of benzene rings is 2. The molecule has 1 aliphatic rings. The van der Waals surface area contributed by atoms with E-state index >= 15 is 0 Å². The van der Waals surface area contributed by atoms with Gasteiger partial charge in [-0.05, 0) is 24.3 Å². The predicted molar refractivity (Wildman–Crippen MR) is 89.9 cm³/mol. The number of nitrogens with one attached hydrogen (secondary N) is 1. The first kappa shape index (κ1) is 13.3. The Morgan fingerprint density at radius 2 is 2.00 bits per heavy atom. The monoisotopic (exact) mass is 319 g/mol. The molecule has 24 heavy (non-hydrogen) atoms. The molecule has 1 aliphatic heterocycles. The lowest BCUT2D eigenvalue weighted by molar-refractivity contribution is 0.153. The second-order valence-electron chi connectivity index (χ2n) is 6.03. The number of hydrogen-bond donors (Lipinski definition) is 3. The summed E-state index contributed by atoms with van der Waals surface area (Å²) in [5, 5.41) is 21.6. The van der Waals surface area contributed by atoms with Crippen LogP contribution >= 0.6 is 0 Å². The average Bonchev–Trinajstić information content (AvgIpc) is 2.95. The molecule has 0 radical (unpaired) electrons. The van der Waals surface area contributed by atoms with E-state index in [-0.39, 0.29) is 17.9 Å². The standard InChI is InChI=1S/C18H13N3O3/c22-9-5-6-10-13(7-9)19-16-15(10)14(23)8-21-17(16)20-12-4-2-1-3-11(12)18(21)24/h1-7,14,19,22-23H,8H2/t14-/m1/s1. The van der Waals surface area contributed by atoms with Crippen molar-refractivity contribution in [1.82, 2.24) is 14.5 Å². The fourth-order valence-corrected chi connectivity index (χ4v) is 3.52. The molecule has 0 spiro atoms. The number of nitrogens with zero attached hydrogens (tertiary/aromatic N) is 2. The van der Waals surface area contributed by atoms with Gasteiger partial charge in [-0.15, -0.1) is 0 Å². The normalized spacial score (nSPS) is 16.3. The van der Waals surface area contributed by atoms with Gasteiger partial charge < -0.3 is 15.2 Å². The molecule has 0 fully saturated rings. The highest BCUT2D eigenvalue weighted by atomic mass is 16.3. The fraction of sp³-hybridized carbons (Fsp3) is 0.111. The number of phenolic OH excluding ortho intramolecular Hbond substituents is 1. The molecule has 6 heteroatoms. The van der Waals surface area contributed by atoms with Crippen LogP contribution in [0.25, 0.3) is 33.3 Å². The number of aliphatic hydroxyl groups is 1. The molecule has 2 aromatic heterocycles. The fourth-order valence-electron chi connectivity index (χ4n) is 3.52. The lowest BCUT2D eigenvalue weighted by atomic mass is 10.0. The van der Waals surface area contributed by atoms with Crippen LogP contribution < -0.4 is 5.56 Å². The molecule has 6 nitrogen and oxygen atoms in total. The van der Waals surface area contributed by atoms with Crippen molar-refractivity contribution in [2.45, 2.75) is 12.6 Å². The number of phenols is 1. The van der Waals surface area contributed by atoms with Gasteiger partial charge in [0.15, 0.2) is 5.82 Å². The zero-order valence-corrected chi connectivity index (χ0v) is 12.5. The Hall–Kier alpha value is -3.12. The van der Waals surface area contributed by atoms with E-state index < -0.39 is 6.10 Å². The van der Waals surface area contributed by atoms with Gasteiger partial charge in [0.2, 0.25) is 0 Å². The number of aromatic nitrogens is 3. The molecule has 1 atom stereocenters. The minimum absolute atomic E-state index is 0.138. The Morgan fingerprint density at radius 1 is 1.17 bits per heavy atom. The van der Waals surface area contributed by atoms with Crippen LogP contribution in [0.4, 0.5) is 0 Å². The first-order chi connectivity index (χ1) is 11.6. The van der Waals surface area contributed by atoms with Crippen LogP contribution in [0.5, 0.6) is 5.75 Å². The van der Waals surface area contributed by atoms with Crippen molar-refractivity contribution < 1.29 is 10.2 Å². The highest BCUT2D eigenvalue weighted by Gasteiger charge is 2.29. The second-order valence-corrected chi connectivity index (χ2v) is 6.03. The van der Waals surface area contributed by atoms with Crippen LogP contribution in [0.2, 0.25) is 0 Å². The van der Waals surface area contributed by atoms with Gasteiger partial charge in [-0.3, -0.25) is 9.36 Å². The van der Waals surface area contributed by atoms with Gasteiger partial charge in [0.1, 0.15) is 5.75 Å². The van der Waals surface area contributed by atoms with Crippen molar-refractivity contribution in [2.75, 3.05) is 0 Å². The predicted octanol–water partition coefficient (Wildman–Crippen LogP) is 2.30. The summed E-state index contributed by atoms with van der Waals surface area (Å²) >= 11 is 0. The van der Waals surface area contributed by atoms with Crippen LogP contribution in [0.3, 0.4) is 0 Å². The third-order valence-electron chi connectivity index (χ3n) is 4.60. The minimum Gasteiger partial charge on any atom is -0.508 e. The summed E-state index contributed by atoms with van der Waals surface area (Å²) in [6.07, 6.45) is -0.813. The number of fused-ring (bicyclic) bond motifs is 6. The lowest BCUT2D eigenvalue weighted by Gasteiger charge is -2.23. The summed E-state index contributed by atoms with van der Waals surface area (Å²) < 4.78 is 1.50. The summed E-state index contributed by atoms with van der Waals surface area (Å²) in [6, 6.07) is 12.1. The zero-order valence-electron chi connectivity index (χ0n) is 12.5. The number of aromatic hydroxyl groups is 1. The van der Waals surface area contributed by atoms with E-state index in [1.807, 2.05) is 6.07 Å². The van der Waals surface area contributed by atoms with E-state index in [4.69, 9.17) is 0 Å². The summed E-state index contributed by atoms with van der Waals surface area (Å²) in [5.74, 6) is 0.647. The van der Waals surface area contributed by atoms with Gasteiger partial charge in [-0.25, -0.2) is 4.98 Å². The number of hydrogen-bond acceptors (Lipinski definition) is 4. The van der Waals surface area contributed by atoms with Crippen LogP contribution in [-0.2, 0) is 6.54 Å². The largest absolute Gasteiger partial charge is 0.508 e. The Morgan fingerprint density at radius 3 is 2.88 bits per heavy atom. The molecule has 0 unspecified atom stereocenters. The molecule has 5 rings (SSSR count). The molecule has 0 amide bonds. The maximum absolute atomic E-state index is 12.8. The van der Waals surface area contributed by atoms with Crippen LogP contribution in [0.1, 0.15) is 11.7 Å². The molecular weight excluding hydrogens is 306 g/mol. The Labute approximate surface area is 135 Å². The zero-order chi connectivity index (χ0) is 16.4. The molecule has 0 aliphatic carbocycles. The molecule has 2 aromatic carbocycles. The topological polar surface area (TPSA) is 91.1 Å². The second kappa shape index (κ2) is 4.46. The first-order valence-electron chi connectivity index (χ1n) is 7.66. The number of aliphatic hydroxyl groups excluding tert-OH is 1. The minimum atomic E-state index is -0.813. The van der Waals surface area contributed by atoms with Gasteiger partial charge in [-0.2, -0.15) is 0 Å². The van der Waals surface area contributed by atoms with E-state index in [2.05, 4.69) is 9.97 Å². The summed E-state index contributed by atoms with van der Waals surface area (Å²) in [7, 11) is 0. The maximum atomic E-state index is 12.8. The van der Waals surface area contributed by atoms with E-state index in [1.165, 1.54) is 4.57 Å². The molecule has 3 heterocycles. The van der Waals surface area contributed by atoms with Gasteiger partial charge in [0, 0.05) is 17.0 Å².